The molecule has 0 aromatic carbocycles. The number of nitrogens with zero attached hydrogens (tertiary/aromatic N) is 1. The topological polar surface area (TPSA) is 58.6 Å². The molecule has 0 saturated heterocycles. The lowest BCUT2D eigenvalue weighted by atomic mass is 10.2. The molecule has 0 amide bonds. The molecule has 0 saturated carbocycles. The zero-order valence-electron chi connectivity index (χ0n) is 20.7. The summed E-state index contributed by atoms with van der Waals surface area (Å²) in [4.78, 5) is 2.45. The van der Waals surface area contributed by atoms with Crippen molar-refractivity contribution in [3.8, 4) is 0 Å². The molecule has 0 aliphatic heterocycles. The summed E-state index contributed by atoms with van der Waals surface area (Å²) in [5.74, 6) is 0. The van der Waals surface area contributed by atoms with E-state index in [9.17, 15) is 0 Å². The molecule has 0 aromatic heterocycles. The number of unbranched alkanes of at least 4 members (excludes halogenated alkanes) is 4. The van der Waals surface area contributed by atoms with Gasteiger partial charge in [-0.15, -0.1) is 0 Å². The van der Waals surface area contributed by atoms with Crippen molar-refractivity contribution in [3.05, 3.63) is 0 Å². The molecule has 7 heteroatoms. The van der Waals surface area contributed by atoms with Crippen LogP contribution in [0.2, 0.25) is 0 Å². The third kappa shape index (κ3) is 25.9. The Kier molecular flexibility index (Phi) is 27.5. The second-order valence-electron chi connectivity index (χ2n) is 7.51. The van der Waals surface area contributed by atoms with E-state index in [4.69, 9.17) is 28.4 Å². The molecule has 0 spiro atoms. The Labute approximate surface area is 192 Å². The zero-order valence-corrected chi connectivity index (χ0v) is 20.7. The predicted molar refractivity (Wildman–Crippen MR) is 126 cm³/mol. The van der Waals surface area contributed by atoms with Crippen LogP contribution in [0, 0.1) is 0 Å². The van der Waals surface area contributed by atoms with Gasteiger partial charge in [-0.3, -0.25) is 4.90 Å². The highest BCUT2D eigenvalue weighted by atomic mass is 16.6. The van der Waals surface area contributed by atoms with Gasteiger partial charge in [0, 0.05) is 26.3 Å². The molecular formula is C24H51NO6. The van der Waals surface area contributed by atoms with Gasteiger partial charge >= 0.3 is 0 Å². The van der Waals surface area contributed by atoms with Crippen molar-refractivity contribution in [2.45, 2.75) is 59.3 Å². The standard InChI is InChI=1S/C24H51NO6/c1-4-7-9-10-11-25(12-15-28-20-19-27-14-8-5-2)13-16-29-21-22-31-24-23-30-18-17-26-6-3/h4-24H2,1-3H3. The van der Waals surface area contributed by atoms with Gasteiger partial charge in [-0.2, -0.15) is 0 Å². The highest BCUT2D eigenvalue weighted by Crippen LogP contribution is 2.02. The first-order valence-corrected chi connectivity index (χ1v) is 12.5. The van der Waals surface area contributed by atoms with E-state index in [-0.39, 0.29) is 0 Å². The van der Waals surface area contributed by atoms with Crippen LogP contribution in [0.3, 0.4) is 0 Å². The van der Waals surface area contributed by atoms with Gasteiger partial charge in [-0.05, 0) is 26.3 Å². The largest absolute Gasteiger partial charge is 0.379 e. The van der Waals surface area contributed by atoms with E-state index in [2.05, 4.69) is 18.7 Å². The van der Waals surface area contributed by atoms with Gasteiger partial charge in [-0.1, -0.05) is 39.5 Å². The van der Waals surface area contributed by atoms with Crippen molar-refractivity contribution < 1.29 is 28.4 Å². The molecule has 0 aromatic rings. The average molecular weight is 450 g/mol. The van der Waals surface area contributed by atoms with Crippen LogP contribution in [0.5, 0.6) is 0 Å². The van der Waals surface area contributed by atoms with Gasteiger partial charge in [0.1, 0.15) is 0 Å². The zero-order chi connectivity index (χ0) is 22.7. The molecule has 31 heavy (non-hydrogen) atoms. The first-order chi connectivity index (χ1) is 15.3. The SMILES string of the molecule is CCCCCCN(CCOCCOCCCC)CCOCCOCCOCCOCC. The summed E-state index contributed by atoms with van der Waals surface area (Å²) >= 11 is 0. The van der Waals surface area contributed by atoms with E-state index in [1.54, 1.807) is 0 Å². The van der Waals surface area contributed by atoms with E-state index in [0.29, 0.717) is 52.9 Å². The molecule has 0 aliphatic carbocycles. The Hall–Kier alpha value is -0.280. The second-order valence-corrected chi connectivity index (χ2v) is 7.51. The van der Waals surface area contributed by atoms with Crippen molar-refractivity contribution in [3.63, 3.8) is 0 Å². The highest BCUT2D eigenvalue weighted by molar-refractivity contribution is 4.58. The molecule has 0 rings (SSSR count). The summed E-state index contributed by atoms with van der Waals surface area (Å²) in [5, 5.41) is 0. The Morgan fingerprint density at radius 3 is 1.32 bits per heavy atom. The van der Waals surface area contributed by atoms with Gasteiger partial charge in [-0.25, -0.2) is 0 Å². The molecule has 0 aliphatic rings. The maximum absolute atomic E-state index is 5.75. The number of rotatable bonds is 27. The molecule has 0 radical (unpaired) electrons. The third-order valence-electron chi connectivity index (χ3n) is 4.77. The average Bonchev–Trinajstić information content (AvgIpc) is 2.78. The lowest BCUT2D eigenvalue weighted by molar-refractivity contribution is -0.00422. The monoisotopic (exact) mass is 449 g/mol. The fourth-order valence-corrected chi connectivity index (χ4v) is 2.86. The van der Waals surface area contributed by atoms with Crippen molar-refractivity contribution in [2.75, 3.05) is 98.9 Å². The molecule has 0 heterocycles. The lowest BCUT2D eigenvalue weighted by Gasteiger charge is -2.22. The van der Waals surface area contributed by atoms with Crippen molar-refractivity contribution in [2.24, 2.45) is 0 Å². The minimum Gasteiger partial charge on any atom is -0.379 e. The molecule has 7 nitrogen and oxygen atoms in total. The fraction of sp³-hybridized carbons (Fsp3) is 1.00. The highest BCUT2D eigenvalue weighted by Gasteiger charge is 2.05. The maximum atomic E-state index is 5.75. The van der Waals surface area contributed by atoms with Crippen molar-refractivity contribution in [1.29, 1.82) is 0 Å². The van der Waals surface area contributed by atoms with Crippen LogP contribution in [-0.2, 0) is 28.4 Å². The summed E-state index contributed by atoms with van der Waals surface area (Å²) in [5.41, 5.74) is 0. The maximum Gasteiger partial charge on any atom is 0.0701 e. The molecule has 0 N–H and O–H groups in total. The van der Waals surface area contributed by atoms with E-state index in [1.807, 2.05) is 6.92 Å². The van der Waals surface area contributed by atoms with E-state index >= 15 is 0 Å². The Morgan fingerprint density at radius 2 is 0.839 bits per heavy atom. The smallest absolute Gasteiger partial charge is 0.0701 e. The second kappa shape index (κ2) is 27.8. The lowest BCUT2D eigenvalue weighted by Crippen LogP contribution is -2.32. The van der Waals surface area contributed by atoms with Crippen LogP contribution in [0.15, 0.2) is 0 Å². The Morgan fingerprint density at radius 1 is 0.387 bits per heavy atom. The first-order valence-electron chi connectivity index (χ1n) is 12.5. The molecule has 0 atom stereocenters. The first kappa shape index (κ1) is 30.7. The molecule has 0 unspecified atom stereocenters. The summed E-state index contributed by atoms with van der Waals surface area (Å²) in [7, 11) is 0. The van der Waals surface area contributed by atoms with Gasteiger partial charge in [0.05, 0.1) is 66.1 Å². The summed E-state index contributed by atoms with van der Waals surface area (Å²) < 4.78 is 33.2. The van der Waals surface area contributed by atoms with Crippen LogP contribution in [-0.4, -0.2) is 104 Å². The summed E-state index contributed by atoms with van der Waals surface area (Å²) in [6.07, 6.45) is 7.40. The van der Waals surface area contributed by atoms with Crippen LogP contribution in [0.1, 0.15) is 59.3 Å². The van der Waals surface area contributed by atoms with Gasteiger partial charge in [0.25, 0.3) is 0 Å². The summed E-state index contributed by atoms with van der Waals surface area (Å²) in [6, 6.07) is 0. The van der Waals surface area contributed by atoms with Crippen molar-refractivity contribution in [1.82, 2.24) is 4.90 Å². The predicted octanol–water partition coefficient (Wildman–Crippen LogP) is 3.79. The Balaban J connectivity index is 3.65. The van der Waals surface area contributed by atoms with Crippen LogP contribution in [0.4, 0.5) is 0 Å². The normalized spacial score (nSPS) is 11.6. The van der Waals surface area contributed by atoms with E-state index in [1.165, 1.54) is 32.1 Å². The van der Waals surface area contributed by atoms with Crippen LogP contribution >= 0.6 is 0 Å². The van der Waals surface area contributed by atoms with Crippen LogP contribution in [0.25, 0.3) is 0 Å². The minimum absolute atomic E-state index is 0.596. The quantitative estimate of drug-likeness (QED) is 0.177. The number of hydrogen-bond acceptors (Lipinski definition) is 7. The van der Waals surface area contributed by atoms with Gasteiger partial charge in [0.15, 0.2) is 0 Å². The molecule has 188 valence electrons. The number of hydrogen-bond donors (Lipinski definition) is 0. The van der Waals surface area contributed by atoms with E-state index < -0.39 is 0 Å². The van der Waals surface area contributed by atoms with Crippen LogP contribution < -0.4 is 0 Å². The van der Waals surface area contributed by atoms with Gasteiger partial charge < -0.3 is 28.4 Å². The molecular weight excluding hydrogens is 398 g/mol. The fourth-order valence-electron chi connectivity index (χ4n) is 2.86. The Bertz CT molecular complexity index is 322. The third-order valence-corrected chi connectivity index (χ3v) is 4.77. The molecule has 0 fully saturated rings. The number of ether oxygens (including phenoxy) is 6. The van der Waals surface area contributed by atoms with Crippen molar-refractivity contribution >= 4 is 0 Å². The summed E-state index contributed by atoms with van der Waals surface area (Å²) in [6.45, 7) is 17.5. The minimum atomic E-state index is 0.596. The molecule has 0 bridgehead atoms. The van der Waals surface area contributed by atoms with E-state index in [0.717, 1.165) is 52.5 Å². The van der Waals surface area contributed by atoms with Gasteiger partial charge in [0.2, 0.25) is 0 Å².